The second-order valence-electron chi connectivity index (χ2n) is 5.11. The lowest BCUT2D eigenvalue weighted by Gasteiger charge is -1.97. The van der Waals surface area contributed by atoms with Gasteiger partial charge >= 0.3 is 11.4 Å². The maximum Gasteiger partial charge on any atom is 0.322 e. The number of oxazole rings is 2. The molecule has 0 amide bonds. The summed E-state index contributed by atoms with van der Waals surface area (Å²) >= 11 is 0. The van der Waals surface area contributed by atoms with Gasteiger partial charge in [0.05, 0.1) is 30.7 Å². The molecule has 2 aromatic carbocycles. The van der Waals surface area contributed by atoms with Gasteiger partial charge in [0.1, 0.15) is 11.0 Å². The van der Waals surface area contributed by atoms with Crippen LogP contribution in [-0.4, -0.2) is 9.97 Å². The zero-order chi connectivity index (χ0) is 18.3. The van der Waals surface area contributed by atoms with Crippen molar-refractivity contribution in [3.63, 3.8) is 0 Å². The standard InChI is InChI=1S/C18H4N6O2/c1-21-11(7-19)17-23-10-5-3-9-4-6-13-15(14(9)16(10)26-17)24-18(25-13)12(8-20)22-2/h3-6H/b17-11+,18-12+. The molecule has 4 aromatic rings. The zero-order valence-electron chi connectivity index (χ0n) is 12.8. The van der Waals surface area contributed by atoms with E-state index in [2.05, 4.69) is 19.7 Å². The molecule has 2 heterocycles. The van der Waals surface area contributed by atoms with Gasteiger partial charge in [0.2, 0.25) is 11.1 Å². The van der Waals surface area contributed by atoms with Gasteiger partial charge in [0, 0.05) is 0 Å². The van der Waals surface area contributed by atoms with Crippen LogP contribution in [0.25, 0.3) is 54.1 Å². The first-order valence-corrected chi connectivity index (χ1v) is 7.12. The molecule has 26 heavy (non-hydrogen) atoms. The third kappa shape index (κ3) is 1.98. The molecule has 4 rings (SSSR count). The van der Waals surface area contributed by atoms with Gasteiger partial charge in [-0.2, -0.15) is 0 Å². The number of aromatic nitrogens is 2. The van der Waals surface area contributed by atoms with Gasteiger partial charge in [-0.15, -0.1) is 0 Å². The fourth-order valence-corrected chi connectivity index (χ4v) is 2.62. The molecule has 0 aliphatic heterocycles. The van der Waals surface area contributed by atoms with Crippen LogP contribution in [0.3, 0.4) is 0 Å². The number of hydrogen-bond donors (Lipinski definition) is 0. The van der Waals surface area contributed by atoms with Gasteiger partial charge in [-0.1, -0.05) is 12.1 Å². The average Bonchev–Trinajstić information content (AvgIpc) is 3.27. The van der Waals surface area contributed by atoms with Crippen molar-refractivity contribution in [3.8, 4) is 12.1 Å². The molecular formula is C18H4N6O2. The number of fused-ring (bicyclic) bond motifs is 5. The molecule has 0 radical (unpaired) electrons. The summed E-state index contributed by atoms with van der Waals surface area (Å²) in [5.41, 5.74) is 0.926. The first-order valence-electron chi connectivity index (χ1n) is 7.12. The van der Waals surface area contributed by atoms with Gasteiger partial charge in [-0.05, 0) is 17.5 Å². The van der Waals surface area contributed by atoms with Crippen LogP contribution in [0.4, 0.5) is 0 Å². The number of nitrogens with zero attached hydrogens (tertiary/aromatic N) is 6. The average molecular weight is 336 g/mol. The van der Waals surface area contributed by atoms with Crippen molar-refractivity contribution in [1.82, 2.24) is 9.97 Å². The van der Waals surface area contributed by atoms with Crippen LogP contribution in [0.5, 0.6) is 0 Å². The van der Waals surface area contributed by atoms with E-state index in [0.717, 1.165) is 5.39 Å². The molecule has 0 saturated heterocycles. The van der Waals surface area contributed by atoms with Gasteiger partial charge in [0.25, 0.3) is 0 Å². The Morgan fingerprint density at radius 1 is 0.923 bits per heavy atom. The topological polar surface area (TPSA) is 108 Å². The highest BCUT2D eigenvalue weighted by Crippen LogP contribution is 2.29. The van der Waals surface area contributed by atoms with Crippen LogP contribution in [0.15, 0.2) is 33.1 Å². The highest BCUT2D eigenvalue weighted by atomic mass is 16.3. The minimum Gasteiger partial charge on any atom is -0.446 e. The van der Waals surface area contributed by atoms with Crippen molar-refractivity contribution >= 4 is 44.4 Å². The number of nitriles is 2. The second-order valence-corrected chi connectivity index (χ2v) is 5.11. The summed E-state index contributed by atoms with van der Waals surface area (Å²) in [6.45, 7) is 14.1. The molecule has 2 aromatic heterocycles. The summed E-state index contributed by atoms with van der Waals surface area (Å²) in [4.78, 5) is 14.7. The summed E-state index contributed by atoms with van der Waals surface area (Å²) in [6, 6.07) is 10.5. The van der Waals surface area contributed by atoms with E-state index >= 15 is 0 Å². The Balaban J connectivity index is 2.26. The molecular weight excluding hydrogens is 332 g/mol. The van der Waals surface area contributed by atoms with Crippen LogP contribution in [0, 0.1) is 35.8 Å². The highest BCUT2D eigenvalue weighted by Gasteiger charge is 2.15. The Morgan fingerprint density at radius 2 is 1.58 bits per heavy atom. The summed E-state index contributed by atoms with van der Waals surface area (Å²) in [7, 11) is 0. The van der Waals surface area contributed by atoms with Gasteiger partial charge in [-0.25, -0.2) is 30.2 Å². The van der Waals surface area contributed by atoms with Crippen LogP contribution >= 0.6 is 0 Å². The largest absolute Gasteiger partial charge is 0.446 e. The van der Waals surface area contributed by atoms with Crippen molar-refractivity contribution in [2.45, 2.75) is 0 Å². The van der Waals surface area contributed by atoms with E-state index in [4.69, 9.17) is 32.5 Å². The van der Waals surface area contributed by atoms with Crippen molar-refractivity contribution in [2.24, 2.45) is 0 Å². The molecule has 0 saturated carbocycles. The third-order valence-electron chi connectivity index (χ3n) is 3.73. The molecule has 0 bridgehead atoms. The first kappa shape index (κ1) is 14.9. The Morgan fingerprint density at radius 3 is 2.23 bits per heavy atom. The van der Waals surface area contributed by atoms with E-state index in [1.807, 2.05) is 0 Å². The molecule has 8 nitrogen and oxygen atoms in total. The Kier molecular flexibility index (Phi) is 3.13. The molecule has 0 atom stereocenters. The van der Waals surface area contributed by atoms with E-state index in [9.17, 15) is 0 Å². The lowest BCUT2D eigenvalue weighted by atomic mass is 10.1. The molecule has 0 N–H and O–H groups in total. The molecule has 0 spiro atoms. The number of hydrogen-bond acceptors (Lipinski definition) is 6. The molecule has 0 fully saturated rings. The predicted molar refractivity (Wildman–Crippen MR) is 89.6 cm³/mol. The fraction of sp³-hybridized carbons (Fsp3) is 0. The zero-order valence-corrected chi connectivity index (χ0v) is 12.8. The van der Waals surface area contributed by atoms with E-state index in [1.165, 1.54) is 0 Å². The molecule has 0 aliphatic carbocycles. The molecule has 0 unspecified atom stereocenters. The highest BCUT2D eigenvalue weighted by molar-refractivity contribution is 6.15. The van der Waals surface area contributed by atoms with Crippen LogP contribution in [0.2, 0.25) is 0 Å². The second kappa shape index (κ2) is 5.46. The van der Waals surface area contributed by atoms with E-state index in [-0.39, 0.29) is 22.5 Å². The Labute approximate surface area is 144 Å². The number of rotatable bonds is 0. The maximum atomic E-state index is 9.02. The van der Waals surface area contributed by atoms with Crippen LogP contribution in [-0.2, 0) is 0 Å². The van der Waals surface area contributed by atoms with Crippen LogP contribution < -0.4 is 11.1 Å². The SMILES string of the molecule is [C-]#[N+]/C(C#N)=c1\nc2c(ccc3ccc4n/c(=C(/C#N)[N+]#[C-])oc4c32)o1. The monoisotopic (exact) mass is 336 g/mol. The summed E-state index contributed by atoms with van der Waals surface area (Å²) in [6.07, 6.45) is 0. The van der Waals surface area contributed by atoms with Crippen molar-refractivity contribution in [1.29, 1.82) is 10.5 Å². The van der Waals surface area contributed by atoms with Gasteiger partial charge in [-0.3, -0.25) is 0 Å². The summed E-state index contributed by atoms with van der Waals surface area (Å²) in [5, 5.41) is 19.4. The smallest absolute Gasteiger partial charge is 0.322 e. The van der Waals surface area contributed by atoms with Gasteiger partial charge in [0.15, 0.2) is 11.2 Å². The Hall–Kier alpha value is -4.66. The summed E-state index contributed by atoms with van der Waals surface area (Å²) < 4.78 is 11.2. The van der Waals surface area contributed by atoms with Crippen molar-refractivity contribution in [3.05, 3.63) is 58.2 Å². The third-order valence-corrected chi connectivity index (χ3v) is 3.73. The minimum atomic E-state index is -0.257. The van der Waals surface area contributed by atoms with Crippen molar-refractivity contribution < 1.29 is 8.83 Å². The quantitative estimate of drug-likeness (QED) is 0.456. The van der Waals surface area contributed by atoms with E-state index < -0.39 is 0 Å². The molecule has 8 heteroatoms. The molecule has 0 aliphatic rings. The minimum absolute atomic E-state index is 0.0730. The fourth-order valence-electron chi connectivity index (χ4n) is 2.62. The predicted octanol–water partition coefficient (Wildman–Crippen LogP) is 2.22. The first-order chi connectivity index (χ1) is 12.7. The lowest BCUT2D eigenvalue weighted by molar-refractivity contribution is 0.559. The normalized spacial score (nSPS) is 12.9. The maximum absolute atomic E-state index is 9.02. The lowest BCUT2D eigenvalue weighted by Crippen LogP contribution is -2.02. The Bertz CT molecular complexity index is 1380. The van der Waals surface area contributed by atoms with E-state index in [0.29, 0.717) is 27.6 Å². The van der Waals surface area contributed by atoms with E-state index in [1.54, 1.807) is 36.4 Å². The number of benzene rings is 2. The van der Waals surface area contributed by atoms with Gasteiger partial charge < -0.3 is 8.83 Å². The molecule has 118 valence electrons. The van der Waals surface area contributed by atoms with Crippen LogP contribution in [0.1, 0.15) is 0 Å². The van der Waals surface area contributed by atoms with Crippen molar-refractivity contribution in [2.75, 3.05) is 0 Å². The summed E-state index contributed by atoms with van der Waals surface area (Å²) in [5.74, 6) is 0.